The van der Waals surface area contributed by atoms with Gasteiger partial charge in [-0.15, -0.1) is 11.6 Å². The Morgan fingerprint density at radius 2 is 2.27 bits per heavy atom. The molecule has 1 heterocycles. The number of benzene rings is 1. The van der Waals surface area contributed by atoms with Crippen molar-refractivity contribution in [2.45, 2.75) is 30.4 Å². The number of hydrogen-bond donors (Lipinski definition) is 1. The zero-order valence-electron chi connectivity index (χ0n) is 11.5. The molecule has 3 atom stereocenters. The van der Waals surface area contributed by atoms with Crippen molar-refractivity contribution in [2.75, 3.05) is 0 Å². The summed E-state index contributed by atoms with van der Waals surface area (Å²) in [6.45, 7) is 3.62. The molecule has 0 aliphatic heterocycles. The maximum absolute atomic E-state index is 13.7. The molecule has 116 valence electrons. The molecule has 4 nitrogen and oxygen atoms in total. The van der Waals surface area contributed by atoms with Crippen molar-refractivity contribution in [3.63, 3.8) is 0 Å². The number of fused-ring (bicyclic) bond motifs is 1. The van der Waals surface area contributed by atoms with Gasteiger partial charge in [-0.1, -0.05) is 11.7 Å². The molecule has 1 fully saturated rings. The standard InChI is InChI=1S/C15H13ClF2N2O2/c1-7-4-10(16)12(6-11(7)18)19-15(21)14-9-3-2-8(17)5-13(9)22-20-14/h2-3,5,10-12H,1,4,6H2,(H,19,21). The first kappa shape index (κ1) is 15.0. The van der Waals surface area contributed by atoms with Crippen molar-refractivity contribution in [3.05, 3.63) is 41.9 Å². The second-order valence-corrected chi connectivity index (χ2v) is 5.89. The fraction of sp³-hybridized carbons (Fsp3) is 0.333. The molecule has 1 amide bonds. The van der Waals surface area contributed by atoms with Gasteiger partial charge in [-0.05, 0) is 24.1 Å². The van der Waals surface area contributed by atoms with Gasteiger partial charge < -0.3 is 9.84 Å². The van der Waals surface area contributed by atoms with Gasteiger partial charge >= 0.3 is 0 Å². The largest absolute Gasteiger partial charge is 0.355 e. The van der Waals surface area contributed by atoms with E-state index in [0.717, 1.165) is 6.07 Å². The first-order chi connectivity index (χ1) is 10.5. The highest BCUT2D eigenvalue weighted by atomic mass is 35.5. The summed E-state index contributed by atoms with van der Waals surface area (Å²) in [6.07, 6.45) is -0.815. The van der Waals surface area contributed by atoms with Crippen molar-refractivity contribution >= 4 is 28.5 Å². The SMILES string of the molecule is C=C1CC(Cl)C(NC(=O)c2noc3cc(F)ccc23)CC1F. The lowest BCUT2D eigenvalue weighted by molar-refractivity contribution is 0.0916. The molecule has 3 rings (SSSR count). The van der Waals surface area contributed by atoms with E-state index in [1.165, 1.54) is 12.1 Å². The second kappa shape index (κ2) is 5.68. The first-order valence-electron chi connectivity index (χ1n) is 6.77. The van der Waals surface area contributed by atoms with E-state index >= 15 is 0 Å². The number of allylic oxidation sites excluding steroid dienone is 1. The number of nitrogens with one attached hydrogen (secondary N) is 1. The Morgan fingerprint density at radius 1 is 1.50 bits per heavy atom. The van der Waals surface area contributed by atoms with Gasteiger partial charge in [0.25, 0.3) is 5.91 Å². The highest BCUT2D eigenvalue weighted by Crippen LogP contribution is 2.29. The topological polar surface area (TPSA) is 55.1 Å². The molecule has 1 N–H and O–H groups in total. The van der Waals surface area contributed by atoms with Crippen molar-refractivity contribution in [2.24, 2.45) is 0 Å². The number of carbonyl (C=O) groups excluding carboxylic acids is 1. The van der Waals surface area contributed by atoms with Crippen LogP contribution in [0.2, 0.25) is 0 Å². The molecule has 0 spiro atoms. The third kappa shape index (κ3) is 2.70. The first-order valence-corrected chi connectivity index (χ1v) is 7.21. The van der Waals surface area contributed by atoms with E-state index in [1.807, 2.05) is 0 Å². The Hall–Kier alpha value is -1.95. The van der Waals surface area contributed by atoms with Gasteiger partial charge in [-0.3, -0.25) is 4.79 Å². The predicted molar refractivity (Wildman–Crippen MR) is 78.1 cm³/mol. The molecule has 2 aromatic rings. The Labute approximate surface area is 130 Å². The lowest BCUT2D eigenvalue weighted by Crippen LogP contribution is -2.46. The van der Waals surface area contributed by atoms with E-state index < -0.39 is 29.3 Å². The Balaban J connectivity index is 1.80. The van der Waals surface area contributed by atoms with E-state index in [9.17, 15) is 13.6 Å². The number of aromatic nitrogens is 1. The summed E-state index contributed by atoms with van der Waals surface area (Å²) in [6, 6.07) is 3.24. The van der Waals surface area contributed by atoms with Crippen LogP contribution >= 0.6 is 11.6 Å². The zero-order valence-corrected chi connectivity index (χ0v) is 12.2. The van der Waals surface area contributed by atoms with Gasteiger partial charge in [0.15, 0.2) is 11.3 Å². The summed E-state index contributed by atoms with van der Waals surface area (Å²) >= 11 is 6.15. The molecular weight excluding hydrogens is 314 g/mol. The van der Waals surface area contributed by atoms with Gasteiger partial charge in [0.1, 0.15) is 12.0 Å². The van der Waals surface area contributed by atoms with Crippen LogP contribution < -0.4 is 5.32 Å². The third-order valence-corrected chi connectivity index (χ3v) is 4.22. The van der Waals surface area contributed by atoms with Crippen molar-refractivity contribution in [3.8, 4) is 0 Å². The Kier molecular flexibility index (Phi) is 3.87. The molecule has 1 saturated carbocycles. The molecule has 7 heteroatoms. The number of amides is 1. The molecule has 1 aliphatic carbocycles. The van der Waals surface area contributed by atoms with Crippen LogP contribution in [0.25, 0.3) is 11.0 Å². The fourth-order valence-corrected chi connectivity index (χ4v) is 2.88. The highest BCUT2D eigenvalue weighted by Gasteiger charge is 2.33. The normalized spacial score (nSPS) is 25.4. The summed E-state index contributed by atoms with van der Waals surface area (Å²) in [5.41, 5.74) is 0.638. The number of nitrogens with zero attached hydrogens (tertiary/aromatic N) is 1. The molecule has 22 heavy (non-hydrogen) atoms. The lowest BCUT2D eigenvalue weighted by atomic mass is 9.89. The molecule has 0 saturated heterocycles. The van der Waals surface area contributed by atoms with Crippen molar-refractivity contribution < 1.29 is 18.1 Å². The average molecular weight is 327 g/mol. The fourth-order valence-electron chi connectivity index (χ4n) is 2.52. The molecular formula is C15H13ClF2N2O2. The summed E-state index contributed by atoms with van der Waals surface area (Å²) < 4.78 is 31.7. The minimum atomic E-state index is -1.19. The van der Waals surface area contributed by atoms with Crippen LogP contribution in [0, 0.1) is 5.82 Å². The lowest BCUT2D eigenvalue weighted by Gasteiger charge is -2.31. The number of carbonyl (C=O) groups is 1. The number of alkyl halides is 2. The summed E-state index contributed by atoms with van der Waals surface area (Å²) in [5.74, 6) is -1.01. The van der Waals surface area contributed by atoms with Gasteiger partial charge in [-0.25, -0.2) is 8.78 Å². The van der Waals surface area contributed by atoms with Crippen LogP contribution in [0.15, 0.2) is 34.9 Å². The Morgan fingerprint density at radius 3 is 3.05 bits per heavy atom. The van der Waals surface area contributed by atoms with E-state index in [4.69, 9.17) is 16.1 Å². The monoisotopic (exact) mass is 326 g/mol. The van der Waals surface area contributed by atoms with E-state index in [0.29, 0.717) is 17.4 Å². The minimum Gasteiger partial charge on any atom is -0.355 e. The van der Waals surface area contributed by atoms with Crippen LogP contribution in [0.4, 0.5) is 8.78 Å². The third-order valence-electron chi connectivity index (χ3n) is 3.76. The molecule has 1 aromatic carbocycles. The molecule has 1 aliphatic rings. The number of rotatable bonds is 2. The molecule has 0 radical (unpaired) electrons. The predicted octanol–water partition coefficient (Wildman–Crippen LogP) is 3.36. The van der Waals surface area contributed by atoms with Crippen LogP contribution in [0.1, 0.15) is 23.3 Å². The Bertz CT molecular complexity index is 746. The van der Waals surface area contributed by atoms with Gasteiger partial charge in [0, 0.05) is 18.5 Å². The van der Waals surface area contributed by atoms with Crippen molar-refractivity contribution in [1.29, 1.82) is 0 Å². The van der Waals surface area contributed by atoms with Crippen LogP contribution in [0.3, 0.4) is 0 Å². The average Bonchev–Trinajstić information content (AvgIpc) is 2.87. The molecule has 3 unspecified atom stereocenters. The van der Waals surface area contributed by atoms with Gasteiger partial charge in [-0.2, -0.15) is 0 Å². The molecule has 1 aromatic heterocycles. The van der Waals surface area contributed by atoms with Gasteiger partial charge in [0.2, 0.25) is 0 Å². The number of halogens is 3. The van der Waals surface area contributed by atoms with Crippen LogP contribution in [-0.4, -0.2) is 28.7 Å². The maximum Gasteiger partial charge on any atom is 0.274 e. The van der Waals surface area contributed by atoms with E-state index in [-0.39, 0.29) is 17.7 Å². The minimum absolute atomic E-state index is 0.0266. The van der Waals surface area contributed by atoms with E-state index in [1.54, 1.807) is 0 Å². The zero-order chi connectivity index (χ0) is 15.9. The maximum atomic E-state index is 13.7. The highest BCUT2D eigenvalue weighted by molar-refractivity contribution is 6.21. The van der Waals surface area contributed by atoms with Crippen LogP contribution in [0.5, 0.6) is 0 Å². The number of hydrogen-bond acceptors (Lipinski definition) is 3. The van der Waals surface area contributed by atoms with Crippen molar-refractivity contribution in [1.82, 2.24) is 10.5 Å². The smallest absolute Gasteiger partial charge is 0.274 e. The summed E-state index contributed by atoms with van der Waals surface area (Å²) in [5, 5.41) is 6.27. The summed E-state index contributed by atoms with van der Waals surface area (Å²) in [7, 11) is 0. The van der Waals surface area contributed by atoms with Gasteiger partial charge in [0.05, 0.1) is 10.8 Å². The second-order valence-electron chi connectivity index (χ2n) is 5.33. The van der Waals surface area contributed by atoms with E-state index in [2.05, 4.69) is 17.1 Å². The summed E-state index contributed by atoms with van der Waals surface area (Å²) in [4.78, 5) is 12.3. The molecule has 0 bridgehead atoms. The van der Waals surface area contributed by atoms with Crippen LogP contribution in [-0.2, 0) is 0 Å². The quantitative estimate of drug-likeness (QED) is 0.680.